The van der Waals surface area contributed by atoms with Crippen LogP contribution in [0.2, 0.25) is 0 Å². The largest absolute Gasteiger partial charge is 0.463 e. The molecular formula is C11H23NO3. The Labute approximate surface area is 92.1 Å². The lowest BCUT2D eigenvalue weighted by Crippen LogP contribution is -2.27. The first kappa shape index (κ1) is 14.4. The smallest absolute Gasteiger partial charge is 0.308 e. The van der Waals surface area contributed by atoms with Crippen molar-refractivity contribution < 1.29 is 14.3 Å². The van der Waals surface area contributed by atoms with Crippen LogP contribution in [-0.4, -0.2) is 25.4 Å². The van der Waals surface area contributed by atoms with Gasteiger partial charge in [0, 0.05) is 0 Å². The fourth-order valence-corrected chi connectivity index (χ4v) is 1.04. The predicted molar refractivity (Wildman–Crippen MR) is 59.2 cm³/mol. The Kier molecular flexibility index (Phi) is 7.34. The molecule has 0 saturated heterocycles. The summed E-state index contributed by atoms with van der Waals surface area (Å²) in [6, 6.07) is 0. The second-order valence-electron chi connectivity index (χ2n) is 4.36. The van der Waals surface area contributed by atoms with Gasteiger partial charge in [-0.15, -0.1) is 0 Å². The minimum absolute atomic E-state index is 0.0886. The lowest BCUT2D eigenvalue weighted by molar-refractivity contribution is -0.149. The van der Waals surface area contributed by atoms with Gasteiger partial charge in [0.25, 0.3) is 0 Å². The highest BCUT2D eigenvalue weighted by atomic mass is 16.6. The van der Waals surface area contributed by atoms with Crippen LogP contribution in [0.5, 0.6) is 0 Å². The normalized spacial score (nSPS) is 13.3. The zero-order chi connectivity index (χ0) is 11.8. The Morgan fingerprint density at radius 1 is 1.20 bits per heavy atom. The fraction of sp³-hybridized carbons (Fsp3) is 0.909. The second-order valence-corrected chi connectivity index (χ2v) is 4.36. The van der Waals surface area contributed by atoms with Crippen LogP contribution in [0.25, 0.3) is 0 Å². The third kappa shape index (κ3) is 8.39. The maximum Gasteiger partial charge on any atom is 0.308 e. The van der Waals surface area contributed by atoms with Crippen molar-refractivity contribution in [1.29, 1.82) is 0 Å². The van der Waals surface area contributed by atoms with Crippen LogP contribution >= 0.6 is 0 Å². The molecule has 0 aliphatic heterocycles. The number of hydrogen-bond donors (Lipinski definition) is 1. The molecule has 0 aromatic rings. The Hall–Kier alpha value is -0.610. The molecule has 2 N–H and O–H groups in total. The van der Waals surface area contributed by atoms with E-state index in [-0.39, 0.29) is 24.7 Å². The summed E-state index contributed by atoms with van der Waals surface area (Å²) in [7, 11) is 0. The molecule has 0 radical (unpaired) electrons. The van der Waals surface area contributed by atoms with Crippen LogP contribution in [0.3, 0.4) is 0 Å². The van der Waals surface area contributed by atoms with Gasteiger partial charge in [-0.3, -0.25) is 4.79 Å². The van der Waals surface area contributed by atoms with Crippen molar-refractivity contribution in [3.05, 3.63) is 0 Å². The number of carbonyl (C=O) groups is 1. The number of esters is 1. The van der Waals surface area contributed by atoms with E-state index < -0.39 is 0 Å². The molecule has 0 fully saturated rings. The molecule has 0 bridgehead atoms. The Balaban J connectivity index is 3.42. The van der Waals surface area contributed by atoms with E-state index in [4.69, 9.17) is 15.2 Å². The number of nitrogens with two attached hydrogens (primary N) is 1. The summed E-state index contributed by atoms with van der Waals surface area (Å²) in [4.78, 5) is 11.1. The third-order valence-corrected chi connectivity index (χ3v) is 1.83. The van der Waals surface area contributed by atoms with Crippen molar-refractivity contribution in [1.82, 2.24) is 0 Å². The monoisotopic (exact) mass is 217 g/mol. The summed E-state index contributed by atoms with van der Waals surface area (Å²) in [6.45, 7) is 8.42. The average Bonchev–Trinajstić information content (AvgIpc) is 2.10. The molecule has 0 saturated carbocycles. The van der Waals surface area contributed by atoms with Crippen molar-refractivity contribution >= 4 is 5.97 Å². The first-order chi connectivity index (χ1) is 6.93. The molecule has 0 amide bonds. The molecule has 4 heteroatoms. The van der Waals surface area contributed by atoms with Gasteiger partial charge in [0.1, 0.15) is 12.8 Å². The average molecular weight is 217 g/mol. The molecule has 15 heavy (non-hydrogen) atoms. The summed E-state index contributed by atoms with van der Waals surface area (Å²) in [5, 5.41) is 0. The maximum atomic E-state index is 11.1. The van der Waals surface area contributed by atoms with Crippen molar-refractivity contribution in [2.75, 3.05) is 13.2 Å². The van der Waals surface area contributed by atoms with Gasteiger partial charge in [-0.1, -0.05) is 27.7 Å². The van der Waals surface area contributed by atoms with Crippen LogP contribution < -0.4 is 5.73 Å². The lowest BCUT2D eigenvalue weighted by Gasteiger charge is -2.15. The Morgan fingerprint density at radius 2 is 1.80 bits per heavy atom. The van der Waals surface area contributed by atoms with Gasteiger partial charge in [0.2, 0.25) is 0 Å². The standard InChI is InChI=1S/C11H23NO3/c1-8(2)7-10(12)14-5-6-15-11(13)9(3)4/h8-10H,5-7,12H2,1-4H3. The molecule has 90 valence electrons. The predicted octanol–water partition coefficient (Wildman–Crippen LogP) is 1.53. The van der Waals surface area contributed by atoms with Crippen LogP contribution in [0, 0.1) is 11.8 Å². The van der Waals surface area contributed by atoms with Crippen LogP contribution in [0.15, 0.2) is 0 Å². The van der Waals surface area contributed by atoms with E-state index >= 15 is 0 Å². The topological polar surface area (TPSA) is 61.6 Å². The van der Waals surface area contributed by atoms with E-state index in [1.807, 2.05) is 0 Å². The molecule has 0 rings (SSSR count). The van der Waals surface area contributed by atoms with Crippen molar-refractivity contribution in [2.24, 2.45) is 17.6 Å². The number of carbonyl (C=O) groups excluding carboxylic acids is 1. The van der Waals surface area contributed by atoms with Crippen LogP contribution in [0.4, 0.5) is 0 Å². The van der Waals surface area contributed by atoms with Crippen LogP contribution in [-0.2, 0) is 14.3 Å². The number of ether oxygens (including phenoxy) is 2. The molecule has 1 unspecified atom stereocenters. The Bertz CT molecular complexity index is 181. The van der Waals surface area contributed by atoms with Gasteiger partial charge in [0.05, 0.1) is 12.5 Å². The highest BCUT2D eigenvalue weighted by molar-refractivity contribution is 5.71. The molecule has 0 spiro atoms. The van der Waals surface area contributed by atoms with E-state index in [1.165, 1.54) is 0 Å². The molecule has 0 aliphatic rings. The third-order valence-electron chi connectivity index (χ3n) is 1.83. The summed E-state index contributed by atoms with van der Waals surface area (Å²) in [5.41, 5.74) is 5.69. The molecule has 0 heterocycles. The zero-order valence-electron chi connectivity index (χ0n) is 10.2. The maximum absolute atomic E-state index is 11.1. The highest BCUT2D eigenvalue weighted by Crippen LogP contribution is 2.03. The van der Waals surface area contributed by atoms with E-state index in [0.29, 0.717) is 12.5 Å². The highest BCUT2D eigenvalue weighted by Gasteiger charge is 2.09. The minimum Gasteiger partial charge on any atom is -0.463 e. The van der Waals surface area contributed by atoms with Gasteiger partial charge < -0.3 is 15.2 Å². The van der Waals surface area contributed by atoms with Gasteiger partial charge >= 0.3 is 5.97 Å². The van der Waals surface area contributed by atoms with Crippen molar-refractivity contribution in [3.8, 4) is 0 Å². The molecular weight excluding hydrogens is 194 g/mol. The Morgan fingerprint density at radius 3 is 2.27 bits per heavy atom. The first-order valence-corrected chi connectivity index (χ1v) is 5.47. The minimum atomic E-state index is -0.261. The van der Waals surface area contributed by atoms with Crippen molar-refractivity contribution in [3.63, 3.8) is 0 Å². The SMILES string of the molecule is CC(C)CC(N)OCCOC(=O)C(C)C. The molecule has 4 nitrogen and oxygen atoms in total. The lowest BCUT2D eigenvalue weighted by atomic mass is 10.1. The molecule has 0 aromatic carbocycles. The molecule has 1 atom stereocenters. The zero-order valence-corrected chi connectivity index (χ0v) is 10.2. The molecule has 0 aliphatic carbocycles. The van der Waals surface area contributed by atoms with E-state index in [1.54, 1.807) is 13.8 Å². The van der Waals surface area contributed by atoms with Gasteiger partial charge in [-0.25, -0.2) is 0 Å². The van der Waals surface area contributed by atoms with Crippen LogP contribution in [0.1, 0.15) is 34.1 Å². The quantitative estimate of drug-likeness (QED) is 0.399. The number of rotatable bonds is 7. The number of hydrogen-bond acceptors (Lipinski definition) is 4. The van der Waals surface area contributed by atoms with Gasteiger partial charge in [0.15, 0.2) is 0 Å². The van der Waals surface area contributed by atoms with Crippen molar-refractivity contribution in [2.45, 2.75) is 40.3 Å². The molecule has 0 aromatic heterocycles. The first-order valence-electron chi connectivity index (χ1n) is 5.47. The summed E-state index contributed by atoms with van der Waals surface area (Å²) in [5.74, 6) is 0.226. The summed E-state index contributed by atoms with van der Waals surface area (Å²) < 4.78 is 10.2. The van der Waals surface area contributed by atoms with E-state index in [9.17, 15) is 4.79 Å². The van der Waals surface area contributed by atoms with Gasteiger partial charge in [-0.05, 0) is 12.3 Å². The fourth-order valence-electron chi connectivity index (χ4n) is 1.04. The summed E-state index contributed by atoms with van der Waals surface area (Å²) >= 11 is 0. The van der Waals surface area contributed by atoms with E-state index in [0.717, 1.165) is 6.42 Å². The van der Waals surface area contributed by atoms with Gasteiger partial charge in [-0.2, -0.15) is 0 Å². The van der Waals surface area contributed by atoms with E-state index in [2.05, 4.69) is 13.8 Å². The second kappa shape index (κ2) is 7.65. The summed E-state index contributed by atoms with van der Waals surface area (Å²) in [6.07, 6.45) is 0.556.